The fourth-order valence-corrected chi connectivity index (χ4v) is 1.23. The van der Waals surface area contributed by atoms with E-state index in [-0.39, 0.29) is 11.9 Å². The molecule has 2 N–H and O–H groups in total. The minimum atomic E-state index is -0.243. The van der Waals surface area contributed by atoms with Crippen LogP contribution in [0.4, 0.5) is 0 Å². The van der Waals surface area contributed by atoms with Gasteiger partial charge < -0.3 is 10.6 Å². The second-order valence-electron chi connectivity index (χ2n) is 2.86. The summed E-state index contributed by atoms with van der Waals surface area (Å²) >= 11 is 0. The molecule has 1 aliphatic heterocycles. The maximum Gasteiger partial charge on any atom is 0.239 e. The predicted molar refractivity (Wildman–Crippen MR) is 39.5 cm³/mol. The summed E-state index contributed by atoms with van der Waals surface area (Å²) in [5.41, 5.74) is 5.58. The largest absolute Gasteiger partial charge is 0.344 e. The Balaban J connectivity index is 2.55. The van der Waals surface area contributed by atoms with Gasteiger partial charge in [0, 0.05) is 13.6 Å². The van der Waals surface area contributed by atoms with E-state index in [1.54, 1.807) is 4.90 Å². The fourth-order valence-electron chi connectivity index (χ4n) is 1.23. The average molecular weight is 142 g/mol. The molecule has 1 atom stereocenters. The normalized spacial score (nSPS) is 28.4. The molecule has 0 radical (unpaired) electrons. The van der Waals surface area contributed by atoms with Crippen molar-refractivity contribution in [3.8, 4) is 0 Å². The van der Waals surface area contributed by atoms with Gasteiger partial charge in [-0.05, 0) is 19.3 Å². The molecule has 1 saturated heterocycles. The number of hydrogen-bond donors (Lipinski definition) is 1. The Morgan fingerprint density at radius 3 is 3.00 bits per heavy atom. The second-order valence-corrected chi connectivity index (χ2v) is 2.86. The number of rotatable bonds is 0. The van der Waals surface area contributed by atoms with Crippen LogP contribution in [0, 0.1) is 0 Å². The van der Waals surface area contributed by atoms with E-state index in [0.717, 1.165) is 25.8 Å². The van der Waals surface area contributed by atoms with Gasteiger partial charge in [0.2, 0.25) is 5.91 Å². The highest BCUT2D eigenvalue weighted by atomic mass is 16.2. The molecule has 1 fully saturated rings. The molecule has 0 spiro atoms. The first-order valence-corrected chi connectivity index (χ1v) is 3.72. The third kappa shape index (κ3) is 1.48. The summed E-state index contributed by atoms with van der Waals surface area (Å²) in [5.74, 6) is 0.0949. The molecule has 1 heterocycles. The SMILES string of the molecule is CN1CCCCC(N)C1=O. The third-order valence-corrected chi connectivity index (χ3v) is 1.95. The van der Waals surface area contributed by atoms with E-state index in [2.05, 4.69) is 0 Å². The number of carbonyl (C=O) groups is 1. The van der Waals surface area contributed by atoms with E-state index < -0.39 is 0 Å². The zero-order valence-corrected chi connectivity index (χ0v) is 6.34. The predicted octanol–water partition coefficient (Wildman–Crippen LogP) is -0.0440. The van der Waals surface area contributed by atoms with Gasteiger partial charge in [0.05, 0.1) is 6.04 Å². The number of carbonyl (C=O) groups excluding carboxylic acids is 1. The standard InChI is InChI=1S/C7H14N2O/c1-9-5-3-2-4-6(8)7(9)10/h6H,2-5,8H2,1H3. The van der Waals surface area contributed by atoms with Crippen molar-refractivity contribution >= 4 is 5.91 Å². The summed E-state index contributed by atoms with van der Waals surface area (Å²) in [6, 6.07) is -0.243. The first kappa shape index (κ1) is 7.54. The van der Waals surface area contributed by atoms with Gasteiger partial charge in [-0.2, -0.15) is 0 Å². The smallest absolute Gasteiger partial charge is 0.239 e. The van der Waals surface area contributed by atoms with Crippen LogP contribution < -0.4 is 5.73 Å². The van der Waals surface area contributed by atoms with Gasteiger partial charge in [0.15, 0.2) is 0 Å². The zero-order valence-electron chi connectivity index (χ0n) is 6.34. The van der Waals surface area contributed by atoms with Crippen LogP contribution in [0.1, 0.15) is 19.3 Å². The number of hydrogen-bond acceptors (Lipinski definition) is 2. The van der Waals surface area contributed by atoms with Crippen molar-refractivity contribution < 1.29 is 4.79 Å². The fraction of sp³-hybridized carbons (Fsp3) is 0.857. The van der Waals surface area contributed by atoms with Crippen LogP contribution in [0.25, 0.3) is 0 Å². The lowest BCUT2D eigenvalue weighted by Crippen LogP contribution is -2.39. The number of nitrogens with two attached hydrogens (primary N) is 1. The lowest BCUT2D eigenvalue weighted by Gasteiger charge is -2.15. The van der Waals surface area contributed by atoms with Crippen molar-refractivity contribution in [3.05, 3.63) is 0 Å². The molecule has 58 valence electrons. The number of likely N-dealkylation sites (tertiary alicyclic amines) is 1. The van der Waals surface area contributed by atoms with Crippen molar-refractivity contribution in [2.75, 3.05) is 13.6 Å². The van der Waals surface area contributed by atoms with Crippen LogP contribution >= 0.6 is 0 Å². The molecule has 1 unspecified atom stereocenters. The van der Waals surface area contributed by atoms with Crippen LogP contribution in [0.15, 0.2) is 0 Å². The molecule has 0 aromatic carbocycles. The first-order chi connectivity index (χ1) is 4.72. The zero-order chi connectivity index (χ0) is 7.56. The van der Waals surface area contributed by atoms with E-state index in [0.29, 0.717) is 0 Å². The van der Waals surface area contributed by atoms with Gasteiger partial charge in [-0.25, -0.2) is 0 Å². The van der Waals surface area contributed by atoms with Gasteiger partial charge in [-0.3, -0.25) is 4.79 Å². The van der Waals surface area contributed by atoms with Crippen LogP contribution in [-0.4, -0.2) is 30.4 Å². The summed E-state index contributed by atoms with van der Waals surface area (Å²) in [4.78, 5) is 12.9. The molecular weight excluding hydrogens is 128 g/mol. The summed E-state index contributed by atoms with van der Waals surface area (Å²) in [6.45, 7) is 0.868. The molecule has 1 rings (SSSR count). The van der Waals surface area contributed by atoms with E-state index >= 15 is 0 Å². The summed E-state index contributed by atoms with van der Waals surface area (Å²) in [6.07, 6.45) is 3.02. The molecule has 0 aromatic heterocycles. The molecule has 0 aromatic rings. The Bertz CT molecular complexity index is 122. The average Bonchev–Trinajstić information content (AvgIpc) is 2.04. The molecule has 0 aliphatic carbocycles. The van der Waals surface area contributed by atoms with Crippen molar-refractivity contribution in [1.82, 2.24) is 4.90 Å². The van der Waals surface area contributed by atoms with Crippen molar-refractivity contribution in [2.24, 2.45) is 5.73 Å². The minimum absolute atomic E-state index is 0.0949. The van der Waals surface area contributed by atoms with Crippen molar-refractivity contribution in [2.45, 2.75) is 25.3 Å². The Kier molecular flexibility index (Phi) is 2.27. The molecule has 3 heteroatoms. The molecule has 3 nitrogen and oxygen atoms in total. The Labute approximate surface area is 61.2 Å². The third-order valence-electron chi connectivity index (χ3n) is 1.95. The van der Waals surface area contributed by atoms with Crippen LogP contribution in [-0.2, 0) is 4.79 Å². The highest BCUT2D eigenvalue weighted by Gasteiger charge is 2.19. The number of nitrogens with zero attached hydrogens (tertiary/aromatic N) is 1. The number of likely N-dealkylation sites (N-methyl/N-ethyl adjacent to an activating group) is 1. The molecule has 1 aliphatic rings. The van der Waals surface area contributed by atoms with Crippen LogP contribution in [0.5, 0.6) is 0 Å². The van der Waals surface area contributed by atoms with Gasteiger partial charge in [0.25, 0.3) is 0 Å². The Morgan fingerprint density at radius 2 is 2.30 bits per heavy atom. The lowest BCUT2D eigenvalue weighted by atomic mass is 10.1. The van der Waals surface area contributed by atoms with Gasteiger partial charge >= 0.3 is 0 Å². The van der Waals surface area contributed by atoms with Crippen molar-refractivity contribution in [3.63, 3.8) is 0 Å². The molecule has 0 bridgehead atoms. The van der Waals surface area contributed by atoms with Gasteiger partial charge in [-0.1, -0.05) is 0 Å². The van der Waals surface area contributed by atoms with E-state index in [1.807, 2.05) is 7.05 Å². The molecule has 0 saturated carbocycles. The Hall–Kier alpha value is -0.570. The maximum atomic E-state index is 11.1. The molecule has 1 amide bonds. The first-order valence-electron chi connectivity index (χ1n) is 3.72. The Morgan fingerprint density at radius 1 is 1.60 bits per heavy atom. The van der Waals surface area contributed by atoms with E-state index in [1.165, 1.54) is 0 Å². The topological polar surface area (TPSA) is 46.3 Å². The van der Waals surface area contributed by atoms with E-state index in [9.17, 15) is 4.79 Å². The quantitative estimate of drug-likeness (QED) is 0.515. The number of amides is 1. The molecular formula is C7H14N2O. The van der Waals surface area contributed by atoms with Crippen LogP contribution in [0.2, 0.25) is 0 Å². The second kappa shape index (κ2) is 3.01. The van der Waals surface area contributed by atoms with Crippen molar-refractivity contribution in [1.29, 1.82) is 0 Å². The maximum absolute atomic E-state index is 11.1. The highest BCUT2D eigenvalue weighted by Crippen LogP contribution is 2.07. The van der Waals surface area contributed by atoms with Crippen LogP contribution in [0.3, 0.4) is 0 Å². The lowest BCUT2D eigenvalue weighted by molar-refractivity contribution is -0.130. The minimum Gasteiger partial charge on any atom is -0.344 e. The highest BCUT2D eigenvalue weighted by molar-refractivity contribution is 5.81. The summed E-state index contributed by atoms with van der Waals surface area (Å²) in [5, 5.41) is 0. The van der Waals surface area contributed by atoms with Gasteiger partial charge in [0.1, 0.15) is 0 Å². The van der Waals surface area contributed by atoms with Gasteiger partial charge in [-0.15, -0.1) is 0 Å². The summed E-state index contributed by atoms with van der Waals surface area (Å²) in [7, 11) is 1.81. The van der Waals surface area contributed by atoms with E-state index in [4.69, 9.17) is 5.73 Å². The summed E-state index contributed by atoms with van der Waals surface area (Å²) < 4.78 is 0. The monoisotopic (exact) mass is 142 g/mol. The molecule has 10 heavy (non-hydrogen) atoms.